The zero-order valence-corrected chi connectivity index (χ0v) is 17.5. The molecule has 0 heterocycles. The predicted octanol–water partition coefficient (Wildman–Crippen LogP) is 5.53. The molecule has 2 rings (SSSR count). The summed E-state index contributed by atoms with van der Waals surface area (Å²) in [7, 11) is 0. The lowest BCUT2D eigenvalue weighted by atomic mass is 10.0. The van der Waals surface area contributed by atoms with Crippen molar-refractivity contribution in [2.24, 2.45) is 5.92 Å². The van der Waals surface area contributed by atoms with Gasteiger partial charge in [0.05, 0.1) is 0 Å². The minimum absolute atomic E-state index is 0.0307. The van der Waals surface area contributed by atoms with Gasteiger partial charge in [-0.15, -0.1) is 0 Å². The number of rotatable bonds is 8. The molecule has 2 N–H and O–H groups in total. The summed E-state index contributed by atoms with van der Waals surface area (Å²) >= 11 is 15.5. The highest BCUT2D eigenvalue weighted by atomic mass is 79.9. The van der Waals surface area contributed by atoms with E-state index in [9.17, 15) is 9.90 Å². The van der Waals surface area contributed by atoms with Crippen LogP contribution in [0, 0.1) is 5.92 Å². The van der Waals surface area contributed by atoms with Crippen LogP contribution in [0.5, 0.6) is 5.75 Å². The second kappa shape index (κ2) is 9.60. The van der Waals surface area contributed by atoms with Crippen LogP contribution in [-0.2, 0) is 17.9 Å². The first kappa shape index (κ1) is 21.0. The Labute approximate surface area is 171 Å². The Morgan fingerprint density at radius 1 is 1.19 bits per heavy atom. The van der Waals surface area contributed by atoms with Crippen molar-refractivity contribution in [3.05, 3.63) is 62.0 Å². The summed E-state index contributed by atoms with van der Waals surface area (Å²) in [6, 6.07) is 10.2. The molecule has 0 aromatic heterocycles. The summed E-state index contributed by atoms with van der Waals surface area (Å²) < 4.78 is 6.81. The molecule has 1 atom stereocenters. The zero-order chi connectivity index (χ0) is 19.3. The molecule has 0 aliphatic heterocycles. The molecule has 0 amide bonds. The molecular formula is C19H20BrCl2NO3. The van der Waals surface area contributed by atoms with Crippen LogP contribution < -0.4 is 10.1 Å². The molecule has 7 heteroatoms. The molecule has 0 radical (unpaired) electrons. The Balaban J connectivity index is 2.12. The van der Waals surface area contributed by atoms with E-state index in [1.54, 1.807) is 12.1 Å². The first-order valence-corrected chi connectivity index (χ1v) is 9.64. The molecule has 0 spiro atoms. The molecule has 26 heavy (non-hydrogen) atoms. The number of carboxylic acid groups (broad SMARTS) is 1. The van der Waals surface area contributed by atoms with Crippen LogP contribution in [0.2, 0.25) is 10.0 Å². The fraction of sp³-hybridized carbons (Fsp3) is 0.316. The predicted molar refractivity (Wildman–Crippen MR) is 108 cm³/mol. The maximum absolute atomic E-state index is 11.4. The van der Waals surface area contributed by atoms with Gasteiger partial charge in [0.2, 0.25) is 0 Å². The fourth-order valence-corrected chi connectivity index (χ4v) is 3.32. The Kier molecular flexibility index (Phi) is 7.77. The van der Waals surface area contributed by atoms with Crippen LogP contribution in [0.3, 0.4) is 0 Å². The third-order valence-corrected chi connectivity index (χ3v) is 4.95. The molecule has 140 valence electrons. The van der Waals surface area contributed by atoms with E-state index in [2.05, 4.69) is 21.2 Å². The van der Waals surface area contributed by atoms with Crippen LogP contribution in [-0.4, -0.2) is 17.1 Å². The summed E-state index contributed by atoms with van der Waals surface area (Å²) in [4.78, 5) is 11.4. The van der Waals surface area contributed by atoms with Crippen molar-refractivity contribution in [1.82, 2.24) is 5.32 Å². The molecular weight excluding hydrogens is 441 g/mol. The average molecular weight is 461 g/mol. The molecule has 0 aliphatic rings. The highest BCUT2D eigenvalue weighted by Gasteiger charge is 2.21. The molecule has 2 aromatic rings. The lowest BCUT2D eigenvalue weighted by Gasteiger charge is -2.19. The van der Waals surface area contributed by atoms with E-state index in [0.29, 0.717) is 22.3 Å². The van der Waals surface area contributed by atoms with E-state index in [1.807, 2.05) is 38.1 Å². The van der Waals surface area contributed by atoms with Gasteiger partial charge < -0.3 is 9.84 Å². The van der Waals surface area contributed by atoms with E-state index < -0.39 is 12.0 Å². The van der Waals surface area contributed by atoms with Crippen molar-refractivity contribution < 1.29 is 14.6 Å². The van der Waals surface area contributed by atoms with Crippen molar-refractivity contribution in [3.8, 4) is 5.75 Å². The second-order valence-corrected chi connectivity index (χ2v) is 7.98. The number of carboxylic acids is 1. The van der Waals surface area contributed by atoms with Gasteiger partial charge in [0.25, 0.3) is 0 Å². The number of hydrogen-bond acceptors (Lipinski definition) is 3. The van der Waals surface area contributed by atoms with Gasteiger partial charge in [-0.1, -0.05) is 59.0 Å². The standard InChI is InChI=1S/C19H20BrCl2NO3/c1-11(2)18(19(24)25)23-9-13-7-14(20)4-6-17(13)26-10-12-3-5-15(21)8-16(12)22/h3-8,11,18,23H,9-10H2,1-2H3,(H,24,25). The van der Waals surface area contributed by atoms with Crippen molar-refractivity contribution in [1.29, 1.82) is 0 Å². The number of aliphatic carboxylic acids is 1. The number of nitrogens with one attached hydrogen (secondary N) is 1. The minimum atomic E-state index is -0.870. The smallest absolute Gasteiger partial charge is 0.320 e. The number of halogens is 3. The lowest BCUT2D eigenvalue weighted by Crippen LogP contribution is -2.40. The fourth-order valence-electron chi connectivity index (χ4n) is 2.45. The lowest BCUT2D eigenvalue weighted by molar-refractivity contribution is -0.140. The van der Waals surface area contributed by atoms with Crippen molar-refractivity contribution in [2.45, 2.75) is 33.0 Å². The van der Waals surface area contributed by atoms with Gasteiger partial charge in [0.15, 0.2) is 0 Å². The zero-order valence-electron chi connectivity index (χ0n) is 14.4. The highest BCUT2D eigenvalue weighted by molar-refractivity contribution is 9.10. The van der Waals surface area contributed by atoms with Crippen molar-refractivity contribution in [3.63, 3.8) is 0 Å². The van der Waals surface area contributed by atoms with Crippen molar-refractivity contribution in [2.75, 3.05) is 0 Å². The first-order valence-electron chi connectivity index (χ1n) is 8.09. The molecule has 0 bridgehead atoms. The SMILES string of the molecule is CC(C)C(NCc1cc(Br)ccc1OCc1ccc(Cl)cc1Cl)C(=O)O. The minimum Gasteiger partial charge on any atom is -0.489 e. The topological polar surface area (TPSA) is 58.6 Å². The quantitative estimate of drug-likeness (QED) is 0.543. The molecule has 1 unspecified atom stereocenters. The van der Waals surface area contributed by atoms with E-state index in [4.69, 9.17) is 27.9 Å². The summed E-state index contributed by atoms with van der Waals surface area (Å²) in [5, 5.41) is 13.5. The van der Waals surface area contributed by atoms with Gasteiger partial charge in [-0.05, 0) is 36.2 Å². The van der Waals surface area contributed by atoms with Crippen LogP contribution in [0.25, 0.3) is 0 Å². The first-order chi connectivity index (χ1) is 12.3. The normalized spacial score (nSPS) is 12.2. The number of carbonyl (C=O) groups is 1. The van der Waals surface area contributed by atoms with Crippen LogP contribution in [0.15, 0.2) is 40.9 Å². The maximum atomic E-state index is 11.4. The molecule has 4 nitrogen and oxygen atoms in total. The van der Waals surface area contributed by atoms with E-state index in [0.717, 1.165) is 15.6 Å². The maximum Gasteiger partial charge on any atom is 0.320 e. The Hall–Kier alpha value is -1.27. The average Bonchev–Trinajstić information content (AvgIpc) is 2.55. The largest absolute Gasteiger partial charge is 0.489 e. The summed E-state index contributed by atoms with van der Waals surface area (Å²) in [6.07, 6.45) is 0. The Bertz CT molecular complexity index is 783. The summed E-state index contributed by atoms with van der Waals surface area (Å²) in [5.74, 6) is -0.234. The molecule has 0 saturated heterocycles. The van der Waals surface area contributed by atoms with Crippen LogP contribution >= 0.6 is 39.1 Å². The van der Waals surface area contributed by atoms with E-state index in [1.165, 1.54) is 0 Å². The van der Waals surface area contributed by atoms with Crippen LogP contribution in [0.4, 0.5) is 0 Å². The number of benzene rings is 2. The number of hydrogen-bond donors (Lipinski definition) is 2. The molecule has 0 saturated carbocycles. The Morgan fingerprint density at radius 3 is 2.54 bits per heavy atom. The van der Waals surface area contributed by atoms with Crippen LogP contribution in [0.1, 0.15) is 25.0 Å². The molecule has 2 aromatic carbocycles. The van der Waals surface area contributed by atoms with Gasteiger partial charge in [-0.2, -0.15) is 0 Å². The third kappa shape index (κ3) is 5.88. The monoisotopic (exact) mass is 459 g/mol. The summed E-state index contributed by atoms with van der Waals surface area (Å²) in [6.45, 7) is 4.40. The number of ether oxygens (including phenoxy) is 1. The molecule has 0 fully saturated rings. The highest BCUT2D eigenvalue weighted by Crippen LogP contribution is 2.27. The van der Waals surface area contributed by atoms with E-state index in [-0.39, 0.29) is 12.5 Å². The van der Waals surface area contributed by atoms with Gasteiger partial charge in [0.1, 0.15) is 18.4 Å². The van der Waals surface area contributed by atoms with Gasteiger partial charge >= 0.3 is 5.97 Å². The summed E-state index contributed by atoms with van der Waals surface area (Å²) in [5.41, 5.74) is 1.68. The Morgan fingerprint density at radius 2 is 1.92 bits per heavy atom. The molecule has 0 aliphatic carbocycles. The van der Waals surface area contributed by atoms with Gasteiger partial charge in [0, 0.05) is 32.2 Å². The van der Waals surface area contributed by atoms with Gasteiger partial charge in [-0.25, -0.2) is 0 Å². The van der Waals surface area contributed by atoms with E-state index >= 15 is 0 Å². The second-order valence-electron chi connectivity index (χ2n) is 6.22. The van der Waals surface area contributed by atoms with Gasteiger partial charge in [-0.3, -0.25) is 10.1 Å². The third-order valence-electron chi connectivity index (χ3n) is 3.87. The van der Waals surface area contributed by atoms with Crippen molar-refractivity contribution >= 4 is 45.1 Å².